The van der Waals surface area contributed by atoms with Crippen molar-refractivity contribution < 1.29 is 9.53 Å². The fraction of sp³-hybridized carbons (Fsp3) is 0.381. The smallest absolute Gasteiger partial charge is 0.228 e. The third-order valence-electron chi connectivity index (χ3n) is 4.72. The third-order valence-corrected chi connectivity index (χ3v) is 5.49. The summed E-state index contributed by atoms with van der Waals surface area (Å²) in [6.07, 6.45) is 0.313. The number of ether oxygens (including phenoxy) is 1. The van der Waals surface area contributed by atoms with E-state index in [0.717, 1.165) is 47.7 Å². The van der Waals surface area contributed by atoms with Gasteiger partial charge in [-0.1, -0.05) is 34.1 Å². The Morgan fingerprint density at radius 1 is 1.15 bits per heavy atom. The summed E-state index contributed by atoms with van der Waals surface area (Å²) in [5, 5.41) is 3.00. The van der Waals surface area contributed by atoms with Crippen LogP contribution in [0.25, 0.3) is 0 Å². The highest BCUT2D eigenvalue weighted by atomic mass is 79.9. The quantitative estimate of drug-likeness (QED) is 0.755. The molecule has 1 heterocycles. The first-order valence-corrected chi connectivity index (χ1v) is 10.1. The molecule has 0 bridgehead atoms. The van der Waals surface area contributed by atoms with Crippen LogP contribution >= 0.6 is 15.9 Å². The lowest BCUT2D eigenvalue weighted by molar-refractivity contribution is -0.115. The van der Waals surface area contributed by atoms with Crippen LogP contribution in [-0.4, -0.2) is 50.6 Å². The van der Waals surface area contributed by atoms with Crippen molar-refractivity contribution in [3.8, 4) is 5.75 Å². The number of hydrogen-bond acceptors (Lipinski definition) is 4. The summed E-state index contributed by atoms with van der Waals surface area (Å²) >= 11 is 3.49. The number of anilines is 2. The Hall–Kier alpha value is -2.05. The Morgan fingerprint density at radius 2 is 1.89 bits per heavy atom. The summed E-state index contributed by atoms with van der Waals surface area (Å²) in [6.45, 7) is 6.60. The van der Waals surface area contributed by atoms with Crippen molar-refractivity contribution in [2.75, 3.05) is 50.1 Å². The highest BCUT2D eigenvalue weighted by Gasteiger charge is 2.17. The predicted molar refractivity (Wildman–Crippen MR) is 114 cm³/mol. The van der Waals surface area contributed by atoms with Crippen LogP contribution in [0.2, 0.25) is 0 Å². The molecule has 6 heteroatoms. The molecule has 0 atom stereocenters. The maximum atomic E-state index is 12.5. The number of halogens is 1. The fourth-order valence-corrected chi connectivity index (χ4v) is 3.58. The van der Waals surface area contributed by atoms with Gasteiger partial charge in [-0.05, 0) is 37.7 Å². The highest BCUT2D eigenvalue weighted by molar-refractivity contribution is 9.10. The zero-order valence-corrected chi connectivity index (χ0v) is 17.5. The average molecular weight is 432 g/mol. The van der Waals surface area contributed by atoms with E-state index in [2.05, 4.69) is 44.2 Å². The van der Waals surface area contributed by atoms with Crippen molar-refractivity contribution in [1.82, 2.24) is 4.90 Å². The lowest BCUT2D eigenvalue weighted by Gasteiger charge is -2.34. The van der Waals surface area contributed by atoms with Crippen LogP contribution in [0.5, 0.6) is 5.75 Å². The van der Waals surface area contributed by atoms with Crippen LogP contribution in [-0.2, 0) is 11.2 Å². The molecule has 0 spiro atoms. The molecular formula is C21H26BrN3O2. The predicted octanol–water partition coefficient (Wildman–Crippen LogP) is 3.78. The van der Waals surface area contributed by atoms with Crippen molar-refractivity contribution >= 4 is 33.2 Å². The minimum Gasteiger partial charge on any atom is -0.492 e. The van der Waals surface area contributed by atoms with E-state index >= 15 is 0 Å². The standard InChI is InChI=1S/C21H26BrN3O2/c1-3-27-20-15-17(25-12-10-24(2)11-13-25)8-9-19(20)23-21(26)14-16-6-4-5-7-18(16)22/h4-9,15H,3,10-14H2,1-2H3,(H,23,26). The lowest BCUT2D eigenvalue weighted by atomic mass is 10.1. The molecule has 27 heavy (non-hydrogen) atoms. The first-order chi connectivity index (χ1) is 13.1. The van der Waals surface area contributed by atoms with Gasteiger partial charge in [-0.15, -0.1) is 0 Å². The van der Waals surface area contributed by atoms with E-state index in [1.54, 1.807) is 0 Å². The van der Waals surface area contributed by atoms with Crippen molar-refractivity contribution in [3.63, 3.8) is 0 Å². The van der Waals surface area contributed by atoms with E-state index in [9.17, 15) is 4.79 Å². The van der Waals surface area contributed by atoms with Crippen LogP contribution < -0.4 is 15.0 Å². The highest BCUT2D eigenvalue weighted by Crippen LogP contribution is 2.31. The van der Waals surface area contributed by atoms with Crippen LogP contribution in [0.15, 0.2) is 46.9 Å². The molecule has 144 valence electrons. The fourth-order valence-electron chi connectivity index (χ4n) is 3.16. The van der Waals surface area contributed by atoms with Crippen LogP contribution in [0.4, 0.5) is 11.4 Å². The third kappa shape index (κ3) is 5.23. The normalized spacial score (nSPS) is 14.9. The van der Waals surface area contributed by atoms with E-state index in [0.29, 0.717) is 18.7 Å². The van der Waals surface area contributed by atoms with Gasteiger partial charge in [0.15, 0.2) is 0 Å². The maximum absolute atomic E-state index is 12.5. The molecule has 2 aromatic carbocycles. The minimum absolute atomic E-state index is 0.0600. The Kier molecular flexibility index (Phi) is 6.74. The van der Waals surface area contributed by atoms with E-state index in [-0.39, 0.29) is 5.91 Å². The number of hydrogen-bond donors (Lipinski definition) is 1. The summed E-state index contributed by atoms with van der Waals surface area (Å²) in [7, 11) is 2.15. The van der Waals surface area contributed by atoms with Crippen molar-refractivity contribution in [2.24, 2.45) is 0 Å². The number of likely N-dealkylation sites (N-methyl/N-ethyl adjacent to an activating group) is 1. The topological polar surface area (TPSA) is 44.8 Å². The Morgan fingerprint density at radius 3 is 2.59 bits per heavy atom. The molecule has 3 rings (SSSR count). The molecule has 0 unspecified atom stereocenters. The number of carbonyl (C=O) groups is 1. The van der Waals surface area contributed by atoms with E-state index in [4.69, 9.17) is 4.74 Å². The number of nitrogens with zero attached hydrogens (tertiary/aromatic N) is 2. The van der Waals surface area contributed by atoms with Crippen LogP contribution in [0, 0.1) is 0 Å². The molecule has 5 nitrogen and oxygen atoms in total. The van der Waals surface area contributed by atoms with Crippen LogP contribution in [0.1, 0.15) is 12.5 Å². The zero-order chi connectivity index (χ0) is 19.2. The van der Waals surface area contributed by atoms with Gasteiger partial charge in [0.05, 0.1) is 18.7 Å². The van der Waals surface area contributed by atoms with Gasteiger partial charge in [-0.3, -0.25) is 4.79 Å². The Balaban J connectivity index is 1.72. The monoisotopic (exact) mass is 431 g/mol. The molecule has 2 aromatic rings. The van der Waals surface area contributed by atoms with Gasteiger partial charge < -0.3 is 19.9 Å². The number of nitrogens with one attached hydrogen (secondary N) is 1. The zero-order valence-electron chi connectivity index (χ0n) is 15.9. The van der Waals surface area contributed by atoms with E-state index in [1.807, 2.05) is 43.3 Å². The molecule has 1 saturated heterocycles. The number of rotatable bonds is 6. The molecule has 0 radical (unpaired) electrons. The average Bonchev–Trinajstić information content (AvgIpc) is 2.66. The first-order valence-electron chi connectivity index (χ1n) is 9.30. The van der Waals surface area contributed by atoms with Gasteiger partial charge in [0.2, 0.25) is 5.91 Å². The minimum atomic E-state index is -0.0600. The second-order valence-electron chi connectivity index (χ2n) is 6.72. The van der Waals surface area contributed by atoms with Crippen molar-refractivity contribution in [2.45, 2.75) is 13.3 Å². The second-order valence-corrected chi connectivity index (χ2v) is 7.57. The van der Waals surface area contributed by atoms with Gasteiger partial charge in [-0.25, -0.2) is 0 Å². The molecule has 0 aliphatic carbocycles. The van der Waals surface area contributed by atoms with E-state index < -0.39 is 0 Å². The summed E-state index contributed by atoms with van der Waals surface area (Å²) in [6, 6.07) is 13.8. The molecule has 1 amide bonds. The summed E-state index contributed by atoms with van der Waals surface area (Å²) in [4.78, 5) is 17.2. The van der Waals surface area contributed by atoms with Crippen LogP contribution in [0.3, 0.4) is 0 Å². The van der Waals surface area contributed by atoms with Gasteiger partial charge in [-0.2, -0.15) is 0 Å². The van der Waals surface area contributed by atoms with Crippen molar-refractivity contribution in [3.05, 3.63) is 52.5 Å². The largest absolute Gasteiger partial charge is 0.492 e. The molecule has 0 saturated carbocycles. The van der Waals surface area contributed by atoms with E-state index in [1.165, 1.54) is 0 Å². The lowest BCUT2D eigenvalue weighted by Crippen LogP contribution is -2.44. The molecule has 0 aromatic heterocycles. The van der Waals surface area contributed by atoms with Gasteiger partial charge >= 0.3 is 0 Å². The summed E-state index contributed by atoms with van der Waals surface area (Å²) in [5.41, 5.74) is 2.81. The Bertz CT molecular complexity index is 789. The number of piperazine rings is 1. The number of benzene rings is 2. The maximum Gasteiger partial charge on any atom is 0.228 e. The van der Waals surface area contributed by atoms with Gasteiger partial charge in [0.1, 0.15) is 5.75 Å². The Labute approximate surface area is 169 Å². The SMILES string of the molecule is CCOc1cc(N2CCN(C)CC2)ccc1NC(=O)Cc1ccccc1Br. The molecule has 1 aliphatic rings. The molecule has 1 fully saturated rings. The second kappa shape index (κ2) is 9.24. The van der Waals surface area contributed by atoms with Gasteiger partial charge in [0, 0.05) is 42.4 Å². The molecule has 1 N–H and O–H groups in total. The van der Waals surface area contributed by atoms with Gasteiger partial charge in [0.25, 0.3) is 0 Å². The number of amides is 1. The number of carbonyl (C=O) groups excluding carboxylic acids is 1. The molecule has 1 aliphatic heterocycles. The summed E-state index contributed by atoms with van der Waals surface area (Å²) in [5.74, 6) is 0.657. The first kappa shape index (κ1) is 19.7. The van der Waals surface area contributed by atoms with Crippen molar-refractivity contribution in [1.29, 1.82) is 0 Å². The molecular weight excluding hydrogens is 406 g/mol. The summed E-state index contributed by atoms with van der Waals surface area (Å²) < 4.78 is 6.74.